The van der Waals surface area contributed by atoms with Crippen LogP contribution in [0.3, 0.4) is 0 Å². The zero-order chi connectivity index (χ0) is 15.7. The number of amides is 3. The molecule has 1 aliphatic heterocycles. The van der Waals surface area contributed by atoms with Crippen molar-refractivity contribution >= 4 is 17.7 Å². The third-order valence-corrected chi connectivity index (χ3v) is 3.48. The number of carbonyl (C=O) groups excluding carboxylic acids is 3. The molecule has 5 heteroatoms. The smallest absolute Gasteiger partial charge is 0.253 e. The predicted octanol–water partition coefficient (Wildman–Crippen LogP) is 2.02. The van der Waals surface area contributed by atoms with Crippen molar-refractivity contribution in [3.8, 4) is 0 Å². The average Bonchev–Trinajstić information content (AvgIpc) is 2.75. The van der Waals surface area contributed by atoms with E-state index in [-0.39, 0.29) is 17.7 Å². The van der Waals surface area contributed by atoms with Gasteiger partial charge in [-0.2, -0.15) is 0 Å². The largest absolute Gasteiger partial charge is 0.356 e. The molecule has 0 saturated carbocycles. The molecule has 0 aromatic carbocycles. The third-order valence-electron chi connectivity index (χ3n) is 3.48. The highest BCUT2D eigenvalue weighted by molar-refractivity contribution is 6.12. The van der Waals surface area contributed by atoms with Gasteiger partial charge < -0.3 is 5.32 Å². The lowest BCUT2D eigenvalue weighted by atomic mass is 10.1. The molecule has 1 aliphatic rings. The third kappa shape index (κ3) is 7.06. The summed E-state index contributed by atoms with van der Waals surface area (Å²) in [6.45, 7) is 5.42. The Morgan fingerprint density at radius 3 is 2.33 bits per heavy atom. The molecular weight excluding hydrogens is 268 g/mol. The Bertz CT molecular complexity index is 384. The van der Waals surface area contributed by atoms with Crippen LogP contribution in [0, 0.1) is 5.92 Å². The second-order valence-corrected chi connectivity index (χ2v) is 5.86. The minimum atomic E-state index is -0.211. The fourth-order valence-electron chi connectivity index (χ4n) is 2.14. The SMILES string of the molecule is CC(C)CCC(=O)NCCCCCCN1C(=O)C=CC1=O. The molecule has 5 nitrogen and oxygen atoms in total. The Morgan fingerprint density at radius 1 is 1.10 bits per heavy atom. The molecule has 0 saturated heterocycles. The Morgan fingerprint density at radius 2 is 1.71 bits per heavy atom. The minimum Gasteiger partial charge on any atom is -0.356 e. The number of nitrogens with one attached hydrogen (secondary N) is 1. The lowest BCUT2D eigenvalue weighted by molar-refractivity contribution is -0.136. The fraction of sp³-hybridized carbons (Fsp3) is 0.688. The van der Waals surface area contributed by atoms with Crippen molar-refractivity contribution in [2.24, 2.45) is 5.92 Å². The lowest BCUT2D eigenvalue weighted by Crippen LogP contribution is -2.30. The van der Waals surface area contributed by atoms with Crippen LogP contribution in [0.4, 0.5) is 0 Å². The highest BCUT2D eigenvalue weighted by atomic mass is 16.2. The Balaban J connectivity index is 1.94. The van der Waals surface area contributed by atoms with Crippen molar-refractivity contribution in [3.63, 3.8) is 0 Å². The molecule has 0 atom stereocenters. The zero-order valence-corrected chi connectivity index (χ0v) is 13.1. The van der Waals surface area contributed by atoms with E-state index in [1.165, 1.54) is 17.1 Å². The molecule has 0 aromatic heterocycles. The summed E-state index contributed by atoms with van der Waals surface area (Å²) < 4.78 is 0. The van der Waals surface area contributed by atoms with Gasteiger partial charge in [0.2, 0.25) is 5.91 Å². The molecule has 0 unspecified atom stereocenters. The first kappa shape index (κ1) is 17.4. The Labute approximate surface area is 126 Å². The van der Waals surface area contributed by atoms with Crippen LogP contribution in [0.5, 0.6) is 0 Å². The summed E-state index contributed by atoms with van der Waals surface area (Å²) in [5.41, 5.74) is 0. The molecule has 0 aromatic rings. The van der Waals surface area contributed by atoms with Gasteiger partial charge in [-0.1, -0.05) is 26.7 Å². The van der Waals surface area contributed by atoms with Crippen LogP contribution in [0.25, 0.3) is 0 Å². The van der Waals surface area contributed by atoms with Crippen molar-refractivity contribution in [1.82, 2.24) is 10.2 Å². The molecule has 118 valence electrons. The summed E-state index contributed by atoms with van der Waals surface area (Å²) in [7, 11) is 0. The molecule has 3 amide bonds. The monoisotopic (exact) mass is 294 g/mol. The van der Waals surface area contributed by atoms with E-state index in [0.29, 0.717) is 25.4 Å². The van der Waals surface area contributed by atoms with E-state index in [0.717, 1.165) is 32.1 Å². The topological polar surface area (TPSA) is 66.5 Å². The molecule has 0 bridgehead atoms. The standard InChI is InChI=1S/C16H26N2O3/c1-13(2)7-8-14(19)17-11-5-3-4-6-12-18-15(20)9-10-16(18)21/h9-10,13H,3-8,11-12H2,1-2H3,(H,17,19). The maximum atomic E-state index is 11.5. The van der Waals surface area contributed by atoms with E-state index >= 15 is 0 Å². The highest BCUT2D eigenvalue weighted by Gasteiger charge is 2.21. The van der Waals surface area contributed by atoms with E-state index in [4.69, 9.17) is 0 Å². The summed E-state index contributed by atoms with van der Waals surface area (Å²) in [5.74, 6) is 0.263. The van der Waals surface area contributed by atoms with Crippen molar-refractivity contribution < 1.29 is 14.4 Å². The van der Waals surface area contributed by atoms with Crippen LogP contribution in [-0.2, 0) is 14.4 Å². The summed E-state index contributed by atoms with van der Waals surface area (Å²) in [6, 6.07) is 0. The van der Waals surface area contributed by atoms with E-state index in [1.807, 2.05) is 0 Å². The maximum Gasteiger partial charge on any atom is 0.253 e. The van der Waals surface area contributed by atoms with Crippen LogP contribution in [0.2, 0.25) is 0 Å². The second kappa shape index (κ2) is 9.32. The predicted molar refractivity (Wildman–Crippen MR) is 81.4 cm³/mol. The number of rotatable bonds is 10. The van der Waals surface area contributed by atoms with E-state index in [2.05, 4.69) is 19.2 Å². The first-order valence-electron chi connectivity index (χ1n) is 7.81. The number of hydrogen-bond donors (Lipinski definition) is 1. The highest BCUT2D eigenvalue weighted by Crippen LogP contribution is 2.07. The fourth-order valence-corrected chi connectivity index (χ4v) is 2.14. The molecular formula is C16H26N2O3. The van der Waals surface area contributed by atoms with Crippen molar-refractivity contribution in [2.45, 2.75) is 52.4 Å². The first-order valence-corrected chi connectivity index (χ1v) is 7.81. The van der Waals surface area contributed by atoms with E-state index in [9.17, 15) is 14.4 Å². The zero-order valence-electron chi connectivity index (χ0n) is 13.1. The van der Waals surface area contributed by atoms with Crippen LogP contribution in [0.15, 0.2) is 12.2 Å². The van der Waals surface area contributed by atoms with Gasteiger partial charge in [-0.15, -0.1) is 0 Å². The summed E-state index contributed by atoms with van der Waals surface area (Å²) >= 11 is 0. The van der Waals surface area contributed by atoms with E-state index in [1.54, 1.807) is 0 Å². The molecule has 0 spiro atoms. The van der Waals surface area contributed by atoms with Crippen LogP contribution >= 0.6 is 0 Å². The number of nitrogens with zero attached hydrogens (tertiary/aromatic N) is 1. The van der Waals surface area contributed by atoms with Gasteiger partial charge in [0.05, 0.1) is 0 Å². The van der Waals surface area contributed by atoms with Gasteiger partial charge in [-0.25, -0.2) is 0 Å². The molecule has 21 heavy (non-hydrogen) atoms. The minimum absolute atomic E-state index is 0.128. The summed E-state index contributed by atoms with van der Waals surface area (Å²) in [5, 5.41) is 2.92. The average molecular weight is 294 g/mol. The number of carbonyl (C=O) groups is 3. The van der Waals surface area contributed by atoms with Gasteiger partial charge >= 0.3 is 0 Å². The van der Waals surface area contributed by atoms with Gasteiger partial charge in [0.25, 0.3) is 11.8 Å². The van der Waals surface area contributed by atoms with E-state index < -0.39 is 0 Å². The molecule has 1 rings (SSSR count). The van der Waals surface area contributed by atoms with Crippen molar-refractivity contribution in [3.05, 3.63) is 12.2 Å². The van der Waals surface area contributed by atoms with Gasteiger partial charge in [0.15, 0.2) is 0 Å². The van der Waals surface area contributed by atoms with Gasteiger partial charge in [-0.3, -0.25) is 19.3 Å². The normalized spacial score (nSPS) is 14.3. The van der Waals surface area contributed by atoms with Crippen LogP contribution in [-0.4, -0.2) is 35.7 Å². The quantitative estimate of drug-likeness (QED) is 0.495. The molecule has 1 N–H and O–H groups in total. The van der Waals surface area contributed by atoms with Gasteiger partial charge in [-0.05, 0) is 25.2 Å². The molecule has 0 fully saturated rings. The van der Waals surface area contributed by atoms with Crippen LogP contribution in [0.1, 0.15) is 52.4 Å². The summed E-state index contributed by atoms with van der Waals surface area (Å²) in [6.07, 6.45) is 7.87. The van der Waals surface area contributed by atoms with Gasteiger partial charge in [0, 0.05) is 31.7 Å². The second-order valence-electron chi connectivity index (χ2n) is 5.86. The summed E-state index contributed by atoms with van der Waals surface area (Å²) in [4.78, 5) is 35.4. The lowest BCUT2D eigenvalue weighted by Gasteiger charge is -2.13. The molecule has 0 aliphatic carbocycles. The van der Waals surface area contributed by atoms with Crippen molar-refractivity contribution in [2.75, 3.05) is 13.1 Å². The first-order chi connectivity index (χ1) is 10.0. The number of hydrogen-bond acceptors (Lipinski definition) is 3. The number of unbranched alkanes of at least 4 members (excludes halogenated alkanes) is 3. The Kier molecular flexibility index (Phi) is 7.72. The van der Waals surface area contributed by atoms with Crippen LogP contribution < -0.4 is 5.32 Å². The molecule has 1 heterocycles. The maximum absolute atomic E-state index is 11.5. The Hall–Kier alpha value is -1.65. The molecule has 0 radical (unpaired) electrons. The van der Waals surface area contributed by atoms with Crippen molar-refractivity contribution in [1.29, 1.82) is 0 Å². The number of imide groups is 1. The van der Waals surface area contributed by atoms with Gasteiger partial charge in [0.1, 0.15) is 0 Å².